The van der Waals surface area contributed by atoms with Crippen LogP contribution in [0.15, 0.2) is 48.8 Å². The Labute approximate surface area is 180 Å². The Morgan fingerprint density at radius 3 is 1.39 bits per heavy atom. The molecule has 0 amide bonds. The van der Waals surface area contributed by atoms with Gasteiger partial charge < -0.3 is 34.0 Å². The summed E-state index contributed by atoms with van der Waals surface area (Å²) in [6.45, 7) is 0. The summed E-state index contributed by atoms with van der Waals surface area (Å²) in [5, 5.41) is 0. The van der Waals surface area contributed by atoms with Gasteiger partial charge in [-0.3, -0.25) is 9.97 Å². The van der Waals surface area contributed by atoms with Crippen LogP contribution in [0.3, 0.4) is 0 Å². The van der Waals surface area contributed by atoms with Crippen molar-refractivity contribution < 1.29 is 51.0 Å². The van der Waals surface area contributed by atoms with E-state index in [1.807, 2.05) is 36.7 Å². The van der Waals surface area contributed by atoms with Crippen molar-refractivity contribution in [1.82, 2.24) is 9.97 Å². The van der Waals surface area contributed by atoms with E-state index in [1.165, 1.54) is 35.5 Å². The van der Waals surface area contributed by atoms with Crippen LogP contribution in [0.1, 0.15) is 0 Å². The number of rotatable bonds is 6. The minimum absolute atomic E-state index is 0. The summed E-state index contributed by atoms with van der Waals surface area (Å²) in [4.78, 5) is 8.44. The Balaban J connectivity index is -0.000000308. The molecule has 0 N–H and O–H groups in total. The quantitative estimate of drug-likeness (QED) is 0.269. The molecule has 0 bridgehead atoms. The van der Waals surface area contributed by atoms with Crippen LogP contribution in [0.25, 0.3) is 0 Å². The molecule has 4 unspecified atom stereocenters. The van der Waals surface area contributed by atoms with Crippen molar-refractivity contribution in [3.05, 3.63) is 48.8 Å². The van der Waals surface area contributed by atoms with E-state index >= 15 is 0 Å². The van der Waals surface area contributed by atoms with E-state index in [-0.39, 0.29) is 51.0 Å². The van der Waals surface area contributed by atoms with E-state index in [0.29, 0.717) is 0 Å². The first kappa shape index (κ1) is 29.3. The third kappa shape index (κ3) is 16.7. The van der Waals surface area contributed by atoms with Gasteiger partial charge in [0.1, 0.15) is 0 Å². The Kier molecular flexibility index (Phi) is 27.4. The summed E-state index contributed by atoms with van der Waals surface area (Å²) in [5.74, 6) is 0. The number of hydrogen-bond donors (Lipinski definition) is 0. The van der Waals surface area contributed by atoms with Crippen LogP contribution in [0.4, 0.5) is 0 Å². The Morgan fingerprint density at radius 1 is 0.739 bits per heavy atom. The molecule has 2 aromatic heterocycles. The molecular weight excluding hydrogens is 543 g/mol. The van der Waals surface area contributed by atoms with Crippen LogP contribution in [0.2, 0.25) is 0 Å². The van der Waals surface area contributed by atoms with Crippen LogP contribution in [0, 0.1) is 0 Å². The molecule has 0 aliphatic rings. The second-order valence-electron chi connectivity index (χ2n) is 3.86. The second-order valence-corrected chi connectivity index (χ2v) is 7.75. The average molecular weight is 566 g/mol. The Hall–Kier alpha value is 1.50. The van der Waals surface area contributed by atoms with Gasteiger partial charge in [-0.1, -0.05) is 29.3 Å². The van der Waals surface area contributed by atoms with Crippen molar-refractivity contribution in [2.75, 3.05) is 24.6 Å². The molecule has 23 heavy (non-hydrogen) atoms. The molecule has 0 aromatic carbocycles. The molecule has 2 rings (SSSR count). The number of nitrogens with zero attached hydrogens (tertiary/aromatic N) is 2. The molecule has 2 aromatic rings. The maximum Gasteiger partial charge on any atom is 2.00 e. The molecular formula is C14H22Br2CuN2P4. The molecule has 2 heterocycles. The molecule has 0 aliphatic carbocycles. The number of hydrogen-bond acceptors (Lipinski definition) is 2. The summed E-state index contributed by atoms with van der Waals surface area (Å²) in [5.41, 5.74) is 2.45. The maximum absolute atomic E-state index is 4.22. The molecule has 2 nitrogen and oxygen atoms in total. The largest absolute Gasteiger partial charge is 2.00 e. The molecule has 0 saturated heterocycles. The van der Waals surface area contributed by atoms with Gasteiger partial charge in [-0.05, 0) is 48.9 Å². The first-order valence-corrected chi connectivity index (χ1v) is 10.6. The molecule has 4 atom stereocenters. The third-order valence-corrected chi connectivity index (χ3v) is 6.36. The van der Waals surface area contributed by atoms with Crippen LogP contribution >= 0.6 is 35.6 Å². The van der Waals surface area contributed by atoms with Gasteiger partial charge in [-0.15, -0.1) is 18.5 Å². The zero-order chi connectivity index (χ0) is 14.5. The molecule has 1 radical (unpaired) electrons. The van der Waals surface area contributed by atoms with Crippen molar-refractivity contribution in [2.45, 2.75) is 0 Å². The van der Waals surface area contributed by atoms with Gasteiger partial charge in [-0.25, -0.2) is 0 Å². The molecule has 0 fully saturated rings. The first-order valence-electron chi connectivity index (χ1n) is 6.56. The zero-order valence-electron chi connectivity index (χ0n) is 12.6. The fourth-order valence-corrected chi connectivity index (χ4v) is 3.76. The molecule has 0 spiro atoms. The van der Waals surface area contributed by atoms with Crippen molar-refractivity contribution in [3.63, 3.8) is 0 Å². The van der Waals surface area contributed by atoms with Gasteiger partial charge in [0, 0.05) is 12.4 Å². The van der Waals surface area contributed by atoms with E-state index < -0.39 is 0 Å². The van der Waals surface area contributed by atoms with Crippen LogP contribution in [-0.4, -0.2) is 34.6 Å². The zero-order valence-corrected chi connectivity index (χ0v) is 21.0. The van der Waals surface area contributed by atoms with Gasteiger partial charge in [0.2, 0.25) is 0 Å². The predicted molar refractivity (Wildman–Crippen MR) is 103 cm³/mol. The number of halogens is 2. The normalized spacial score (nSPS) is 9.48. The Bertz CT molecular complexity index is 412. The van der Waals surface area contributed by atoms with Crippen LogP contribution < -0.4 is 44.8 Å². The van der Waals surface area contributed by atoms with Gasteiger partial charge in [-0.2, -0.15) is 0 Å². The third-order valence-electron chi connectivity index (χ3n) is 2.23. The standard InChI is InChI=1S/2C7H11NP2.2BrH.Cu/c2*9-5-6-10-7-3-1-2-4-8-7;;;/h2*1-4,10H,5-6,9H2;2*1H;/q;;;;+2/p-2. The Morgan fingerprint density at radius 2 is 1.13 bits per heavy atom. The molecule has 0 saturated carbocycles. The monoisotopic (exact) mass is 563 g/mol. The second kappa shape index (κ2) is 21.5. The van der Waals surface area contributed by atoms with Crippen molar-refractivity contribution >= 4 is 46.5 Å². The number of aromatic nitrogens is 2. The maximum atomic E-state index is 4.22. The van der Waals surface area contributed by atoms with Gasteiger partial charge in [0.25, 0.3) is 0 Å². The van der Waals surface area contributed by atoms with Gasteiger partial charge >= 0.3 is 17.1 Å². The molecule has 0 aliphatic heterocycles. The van der Waals surface area contributed by atoms with Crippen LogP contribution in [-0.2, 0) is 17.1 Å². The molecule has 133 valence electrons. The first-order chi connectivity index (χ1) is 9.86. The van der Waals surface area contributed by atoms with E-state index in [0.717, 1.165) is 17.2 Å². The predicted octanol–water partition coefficient (Wildman–Crippen LogP) is -3.47. The summed E-state index contributed by atoms with van der Waals surface area (Å²) >= 11 is 0. The smallest absolute Gasteiger partial charge is 1.00 e. The fourth-order valence-electron chi connectivity index (χ4n) is 1.34. The SMILES string of the molecule is PCCPc1ccccn1.PCCPc1ccccn1.[Br-].[Br-].[Cu+2]. The van der Waals surface area contributed by atoms with Gasteiger partial charge in [0.15, 0.2) is 0 Å². The van der Waals surface area contributed by atoms with Crippen molar-refractivity contribution in [3.8, 4) is 0 Å². The van der Waals surface area contributed by atoms with Crippen LogP contribution in [0.5, 0.6) is 0 Å². The summed E-state index contributed by atoms with van der Waals surface area (Å²) in [6, 6.07) is 12.1. The van der Waals surface area contributed by atoms with Crippen molar-refractivity contribution in [2.24, 2.45) is 0 Å². The minimum Gasteiger partial charge on any atom is -1.00 e. The summed E-state index contributed by atoms with van der Waals surface area (Å²) in [6.07, 6.45) is 8.53. The average Bonchev–Trinajstić information content (AvgIpc) is 2.53. The van der Waals surface area contributed by atoms with E-state index in [4.69, 9.17) is 0 Å². The fraction of sp³-hybridized carbons (Fsp3) is 0.286. The van der Waals surface area contributed by atoms with E-state index in [1.54, 1.807) is 0 Å². The minimum atomic E-state index is 0. The van der Waals surface area contributed by atoms with Gasteiger partial charge in [0.05, 0.1) is 10.9 Å². The summed E-state index contributed by atoms with van der Waals surface area (Å²) in [7, 11) is 7.20. The van der Waals surface area contributed by atoms with E-state index in [2.05, 4.69) is 40.6 Å². The summed E-state index contributed by atoms with van der Waals surface area (Å²) < 4.78 is 0. The molecule has 9 heteroatoms. The van der Waals surface area contributed by atoms with E-state index in [9.17, 15) is 0 Å². The van der Waals surface area contributed by atoms with Crippen molar-refractivity contribution in [1.29, 1.82) is 0 Å². The topological polar surface area (TPSA) is 25.8 Å². The number of pyridine rings is 2.